The van der Waals surface area contributed by atoms with E-state index in [1.165, 1.54) is 0 Å². The highest BCUT2D eigenvalue weighted by Gasteiger charge is 2.30. The number of aliphatic imine (C=N–C) groups is 1. The van der Waals surface area contributed by atoms with Crippen molar-refractivity contribution in [3.05, 3.63) is 0 Å². The standard InChI is InChI=1S/C12H22F3N3O2.HI/c1-2-16-10(17-6-3-12(13,14)15)18-9-11(19)4-7-20-8-5-11;/h19H,2-9H2,1H3,(H2,16,17,18);1H. The second-order valence-electron chi connectivity index (χ2n) is 4.82. The fraction of sp³-hybridized carbons (Fsp3) is 0.917. The summed E-state index contributed by atoms with van der Waals surface area (Å²) in [5.74, 6) is 0.289. The summed E-state index contributed by atoms with van der Waals surface area (Å²) >= 11 is 0. The quantitative estimate of drug-likeness (QED) is 0.356. The first-order chi connectivity index (χ1) is 9.35. The van der Waals surface area contributed by atoms with Crippen LogP contribution in [0.25, 0.3) is 0 Å². The number of alkyl halides is 3. The van der Waals surface area contributed by atoms with Crippen molar-refractivity contribution in [3.63, 3.8) is 0 Å². The van der Waals surface area contributed by atoms with Gasteiger partial charge in [0, 0.05) is 39.1 Å². The van der Waals surface area contributed by atoms with Crippen molar-refractivity contribution < 1.29 is 23.0 Å². The average Bonchev–Trinajstić information content (AvgIpc) is 2.35. The molecule has 0 aliphatic carbocycles. The zero-order chi connectivity index (χ0) is 15.1. The number of hydrogen-bond acceptors (Lipinski definition) is 3. The van der Waals surface area contributed by atoms with Crippen molar-refractivity contribution in [1.29, 1.82) is 0 Å². The maximum Gasteiger partial charge on any atom is 0.390 e. The average molecular weight is 425 g/mol. The van der Waals surface area contributed by atoms with Gasteiger partial charge in [0.2, 0.25) is 0 Å². The van der Waals surface area contributed by atoms with Crippen LogP contribution in [0.1, 0.15) is 26.2 Å². The van der Waals surface area contributed by atoms with E-state index in [9.17, 15) is 18.3 Å². The van der Waals surface area contributed by atoms with Gasteiger partial charge in [-0.2, -0.15) is 13.2 Å². The van der Waals surface area contributed by atoms with Gasteiger partial charge >= 0.3 is 6.18 Å². The van der Waals surface area contributed by atoms with Gasteiger partial charge in [0.25, 0.3) is 0 Å². The van der Waals surface area contributed by atoms with Crippen molar-refractivity contribution in [3.8, 4) is 0 Å². The fourth-order valence-electron chi connectivity index (χ4n) is 1.80. The molecule has 1 heterocycles. The Labute approximate surface area is 139 Å². The molecule has 3 N–H and O–H groups in total. The number of aliphatic hydroxyl groups is 1. The number of nitrogens with one attached hydrogen (secondary N) is 2. The van der Waals surface area contributed by atoms with E-state index in [0.717, 1.165) is 0 Å². The third kappa shape index (κ3) is 9.35. The normalized spacial score (nSPS) is 18.8. The van der Waals surface area contributed by atoms with E-state index in [2.05, 4.69) is 15.6 Å². The minimum absolute atomic E-state index is 0. The summed E-state index contributed by atoms with van der Waals surface area (Å²) in [6.45, 7) is 3.23. The van der Waals surface area contributed by atoms with Crippen LogP contribution in [0.4, 0.5) is 13.2 Å². The molecule has 0 unspecified atom stereocenters. The number of ether oxygens (including phenoxy) is 1. The number of hydrogen-bond donors (Lipinski definition) is 3. The Morgan fingerprint density at radius 2 is 1.90 bits per heavy atom. The minimum atomic E-state index is -4.19. The number of halogens is 4. The van der Waals surface area contributed by atoms with Crippen molar-refractivity contribution in [2.24, 2.45) is 4.99 Å². The first kappa shape index (κ1) is 20.7. The number of guanidine groups is 1. The summed E-state index contributed by atoms with van der Waals surface area (Å²) in [5, 5.41) is 15.7. The summed E-state index contributed by atoms with van der Waals surface area (Å²) in [6, 6.07) is 0. The predicted octanol–water partition coefficient (Wildman–Crippen LogP) is 1.65. The van der Waals surface area contributed by atoms with Crippen LogP contribution in [0.15, 0.2) is 4.99 Å². The molecule has 0 aromatic rings. The first-order valence-corrected chi connectivity index (χ1v) is 6.74. The van der Waals surface area contributed by atoms with Gasteiger partial charge in [-0.05, 0) is 6.92 Å². The van der Waals surface area contributed by atoms with Crippen LogP contribution in [0.5, 0.6) is 0 Å². The third-order valence-electron chi connectivity index (χ3n) is 3.00. The van der Waals surface area contributed by atoms with Gasteiger partial charge in [0.05, 0.1) is 18.6 Å². The molecule has 1 saturated heterocycles. The zero-order valence-electron chi connectivity index (χ0n) is 12.0. The van der Waals surface area contributed by atoms with Gasteiger partial charge in [0.15, 0.2) is 5.96 Å². The van der Waals surface area contributed by atoms with Crippen LogP contribution in [0.2, 0.25) is 0 Å². The second-order valence-corrected chi connectivity index (χ2v) is 4.82. The molecule has 0 bridgehead atoms. The topological polar surface area (TPSA) is 65.9 Å². The molecule has 0 atom stereocenters. The summed E-state index contributed by atoms with van der Waals surface area (Å²) in [6.07, 6.45) is -4.14. The molecule has 1 rings (SSSR count). The molecule has 1 aliphatic heterocycles. The van der Waals surface area contributed by atoms with E-state index in [4.69, 9.17) is 4.74 Å². The summed E-state index contributed by atoms with van der Waals surface area (Å²) < 4.78 is 41.4. The third-order valence-corrected chi connectivity index (χ3v) is 3.00. The van der Waals surface area contributed by atoms with E-state index in [1.54, 1.807) is 0 Å². The molecule has 1 aliphatic rings. The van der Waals surface area contributed by atoms with Gasteiger partial charge in [-0.15, -0.1) is 24.0 Å². The van der Waals surface area contributed by atoms with Crippen LogP contribution in [-0.2, 0) is 4.74 Å². The molecular weight excluding hydrogens is 402 g/mol. The first-order valence-electron chi connectivity index (χ1n) is 6.74. The van der Waals surface area contributed by atoms with E-state index in [-0.39, 0.29) is 43.0 Å². The highest BCUT2D eigenvalue weighted by Crippen LogP contribution is 2.20. The summed E-state index contributed by atoms with van der Waals surface area (Å²) in [7, 11) is 0. The highest BCUT2D eigenvalue weighted by atomic mass is 127. The molecule has 5 nitrogen and oxygen atoms in total. The Bertz CT molecular complexity index is 321. The lowest BCUT2D eigenvalue weighted by atomic mass is 9.95. The van der Waals surface area contributed by atoms with Crippen LogP contribution < -0.4 is 10.6 Å². The predicted molar refractivity (Wildman–Crippen MR) is 85.1 cm³/mol. The monoisotopic (exact) mass is 425 g/mol. The summed E-state index contributed by atoms with van der Waals surface area (Å²) in [5.41, 5.74) is -0.926. The Hall–Kier alpha value is -0.290. The molecule has 126 valence electrons. The van der Waals surface area contributed by atoms with E-state index < -0.39 is 18.2 Å². The Morgan fingerprint density at radius 3 is 2.43 bits per heavy atom. The fourth-order valence-corrected chi connectivity index (χ4v) is 1.80. The maximum absolute atomic E-state index is 12.1. The molecule has 21 heavy (non-hydrogen) atoms. The van der Waals surface area contributed by atoms with Crippen LogP contribution in [0.3, 0.4) is 0 Å². The molecule has 0 aromatic carbocycles. The Kier molecular flexibility index (Phi) is 9.54. The van der Waals surface area contributed by atoms with E-state index in [1.807, 2.05) is 6.92 Å². The van der Waals surface area contributed by atoms with Gasteiger partial charge in [-0.1, -0.05) is 0 Å². The lowest BCUT2D eigenvalue weighted by Crippen LogP contribution is -2.43. The molecule has 1 fully saturated rings. The molecule has 0 saturated carbocycles. The second kappa shape index (κ2) is 9.67. The van der Waals surface area contributed by atoms with Crippen molar-refractivity contribution in [1.82, 2.24) is 10.6 Å². The molecule has 0 spiro atoms. The lowest BCUT2D eigenvalue weighted by Gasteiger charge is -2.30. The van der Waals surface area contributed by atoms with Gasteiger partial charge in [-0.3, -0.25) is 4.99 Å². The largest absolute Gasteiger partial charge is 0.390 e. The molecule has 0 aromatic heterocycles. The van der Waals surface area contributed by atoms with Crippen molar-refractivity contribution in [2.75, 3.05) is 32.8 Å². The Morgan fingerprint density at radius 1 is 1.29 bits per heavy atom. The molecule has 0 radical (unpaired) electrons. The smallest absolute Gasteiger partial charge is 0.388 e. The van der Waals surface area contributed by atoms with Crippen LogP contribution in [0, 0.1) is 0 Å². The zero-order valence-corrected chi connectivity index (χ0v) is 14.3. The van der Waals surface area contributed by atoms with Gasteiger partial charge in [-0.25, -0.2) is 0 Å². The SMILES string of the molecule is CCNC(=NCC1(O)CCOCC1)NCCC(F)(F)F.I. The minimum Gasteiger partial charge on any atom is -0.388 e. The van der Waals surface area contributed by atoms with Gasteiger partial charge in [0.1, 0.15) is 0 Å². The van der Waals surface area contributed by atoms with E-state index in [0.29, 0.717) is 32.6 Å². The Balaban J connectivity index is 0.00000400. The summed E-state index contributed by atoms with van der Waals surface area (Å²) in [4.78, 5) is 4.15. The van der Waals surface area contributed by atoms with Gasteiger partial charge < -0.3 is 20.5 Å². The lowest BCUT2D eigenvalue weighted by molar-refractivity contribution is -0.132. The molecular formula is C12H23F3IN3O2. The van der Waals surface area contributed by atoms with E-state index >= 15 is 0 Å². The maximum atomic E-state index is 12.1. The van der Waals surface area contributed by atoms with Crippen LogP contribution in [-0.4, -0.2) is 55.7 Å². The van der Waals surface area contributed by atoms with Crippen LogP contribution >= 0.6 is 24.0 Å². The molecule has 9 heteroatoms. The van der Waals surface area contributed by atoms with Crippen molar-refractivity contribution in [2.45, 2.75) is 38.0 Å². The highest BCUT2D eigenvalue weighted by molar-refractivity contribution is 14.0. The molecule has 0 amide bonds. The van der Waals surface area contributed by atoms with Crippen molar-refractivity contribution >= 4 is 29.9 Å². The number of rotatable bonds is 5. The number of nitrogens with zero attached hydrogens (tertiary/aromatic N) is 1.